The molecule has 1 aliphatic rings. The van der Waals surface area contributed by atoms with Gasteiger partial charge in [0.05, 0.1) is 34.9 Å². The zero-order chi connectivity index (χ0) is 23.0. The van der Waals surface area contributed by atoms with E-state index >= 15 is 0 Å². The van der Waals surface area contributed by atoms with Crippen LogP contribution in [0.1, 0.15) is 37.3 Å². The Morgan fingerprint density at radius 3 is 2.52 bits per heavy atom. The van der Waals surface area contributed by atoms with Crippen molar-refractivity contribution in [3.63, 3.8) is 0 Å². The molecular weight excluding hydrogens is 480 g/mol. The van der Waals surface area contributed by atoms with E-state index in [0.29, 0.717) is 24.3 Å². The van der Waals surface area contributed by atoms with Gasteiger partial charge in [-0.2, -0.15) is 9.61 Å². The molecule has 1 fully saturated rings. The van der Waals surface area contributed by atoms with Gasteiger partial charge in [0, 0.05) is 35.9 Å². The first-order chi connectivity index (χ1) is 16.0. The van der Waals surface area contributed by atoms with Crippen LogP contribution < -0.4 is 5.73 Å². The van der Waals surface area contributed by atoms with E-state index in [1.54, 1.807) is 17.8 Å². The number of rotatable bonds is 4. The van der Waals surface area contributed by atoms with Gasteiger partial charge < -0.3 is 10.5 Å². The van der Waals surface area contributed by atoms with Gasteiger partial charge in [-0.25, -0.2) is 11.6 Å². The van der Waals surface area contributed by atoms with Gasteiger partial charge in [0.1, 0.15) is 5.82 Å². The standard InChI is InChI=1S/C25H23BrN6O/c1-28-25(33-2)12-10-17(11-13-25)22-21(26)23(27)32-24(31-22)19(15-30-32)18-8-9-20(29-14-18)16-6-4-3-5-7-16/h3-9,14-15,17H,10-13,27H2,2H3. The molecule has 0 unspecified atom stereocenters. The van der Waals surface area contributed by atoms with E-state index in [1.807, 2.05) is 48.7 Å². The smallest absolute Gasteiger partial charge is 0.336 e. The average molecular weight is 503 g/mol. The van der Waals surface area contributed by atoms with Crippen LogP contribution in [-0.2, 0) is 4.74 Å². The van der Waals surface area contributed by atoms with Crippen LogP contribution in [0.5, 0.6) is 0 Å². The summed E-state index contributed by atoms with van der Waals surface area (Å²) in [6.45, 7) is 7.51. The number of nitrogens with two attached hydrogens (primary N) is 1. The van der Waals surface area contributed by atoms with Crippen molar-refractivity contribution in [2.75, 3.05) is 12.8 Å². The third-order valence-corrected chi connectivity index (χ3v) is 7.34. The van der Waals surface area contributed by atoms with E-state index in [4.69, 9.17) is 22.0 Å². The lowest BCUT2D eigenvalue weighted by Crippen LogP contribution is -2.32. The molecule has 1 saturated carbocycles. The number of fused-ring (bicyclic) bond motifs is 1. The van der Waals surface area contributed by atoms with E-state index in [-0.39, 0.29) is 5.92 Å². The van der Waals surface area contributed by atoms with E-state index < -0.39 is 5.72 Å². The number of hydrogen-bond acceptors (Lipinski definition) is 5. The molecule has 0 radical (unpaired) electrons. The molecule has 0 saturated heterocycles. The molecule has 0 aliphatic heterocycles. The van der Waals surface area contributed by atoms with Crippen LogP contribution in [0.4, 0.5) is 5.82 Å². The lowest BCUT2D eigenvalue weighted by molar-refractivity contribution is -0.00475. The molecule has 1 aliphatic carbocycles. The van der Waals surface area contributed by atoms with Gasteiger partial charge in [-0.1, -0.05) is 36.4 Å². The Hall–Kier alpha value is -3.28. The van der Waals surface area contributed by atoms with Gasteiger partial charge in [-0.05, 0) is 34.8 Å². The average Bonchev–Trinajstić information content (AvgIpc) is 3.31. The summed E-state index contributed by atoms with van der Waals surface area (Å²) in [7, 11) is 1.62. The molecule has 2 N–H and O–H groups in total. The molecule has 8 heteroatoms. The van der Waals surface area contributed by atoms with Crippen LogP contribution in [0, 0.1) is 6.57 Å². The second kappa shape index (κ2) is 8.58. The number of hydrogen-bond donors (Lipinski definition) is 1. The van der Waals surface area contributed by atoms with E-state index in [2.05, 4.69) is 30.9 Å². The van der Waals surface area contributed by atoms with Crippen molar-refractivity contribution >= 4 is 27.4 Å². The molecule has 4 aromatic rings. The van der Waals surface area contributed by atoms with Crippen molar-refractivity contribution < 1.29 is 4.74 Å². The predicted molar refractivity (Wildman–Crippen MR) is 131 cm³/mol. The normalized spacial score (nSPS) is 20.6. The summed E-state index contributed by atoms with van der Waals surface area (Å²) in [6.07, 6.45) is 6.61. The van der Waals surface area contributed by atoms with Crippen molar-refractivity contribution in [2.45, 2.75) is 37.3 Å². The van der Waals surface area contributed by atoms with Crippen LogP contribution in [0.2, 0.25) is 0 Å². The highest BCUT2D eigenvalue weighted by Gasteiger charge is 2.42. The Labute approximate surface area is 200 Å². The number of aromatic nitrogens is 4. The highest BCUT2D eigenvalue weighted by molar-refractivity contribution is 9.10. The van der Waals surface area contributed by atoms with Crippen LogP contribution in [-0.4, -0.2) is 32.4 Å². The fourth-order valence-corrected chi connectivity index (χ4v) is 5.10. The number of benzene rings is 1. The van der Waals surface area contributed by atoms with Crippen molar-refractivity contribution in [1.82, 2.24) is 19.6 Å². The fraction of sp³-hybridized carbons (Fsp3) is 0.280. The Morgan fingerprint density at radius 2 is 1.88 bits per heavy atom. The summed E-state index contributed by atoms with van der Waals surface area (Å²) in [4.78, 5) is 13.4. The molecule has 3 heterocycles. The zero-order valence-electron chi connectivity index (χ0n) is 18.2. The molecule has 3 aromatic heterocycles. The van der Waals surface area contributed by atoms with Crippen molar-refractivity contribution in [2.24, 2.45) is 0 Å². The lowest BCUT2D eigenvalue weighted by Gasteiger charge is -2.30. The third-order valence-electron chi connectivity index (χ3n) is 6.53. The first-order valence-corrected chi connectivity index (χ1v) is 11.6. The Kier molecular flexibility index (Phi) is 5.60. The van der Waals surface area contributed by atoms with Crippen molar-refractivity contribution in [3.8, 4) is 22.4 Å². The van der Waals surface area contributed by atoms with E-state index in [0.717, 1.165) is 45.4 Å². The molecule has 5 rings (SSSR count). The van der Waals surface area contributed by atoms with Crippen molar-refractivity contribution in [3.05, 3.63) is 76.4 Å². The molecule has 166 valence electrons. The summed E-state index contributed by atoms with van der Waals surface area (Å²) in [5.41, 5.74) is 11.1. The summed E-state index contributed by atoms with van der Waals surface area (Å²) in [6, 6.07) is 14.1. The molecule has 0 spiro atoms. The van der Waals surface area contributed by atoms with Crippen LogP contribution >= 0.6 is 15.9 Å². The quantitative estimate of drug-likeness (QED) is 0.360. The maximum Gasteiger partial charge on any atom is 0.336 e. The number of anilines is 1. The highest BCUT2D eigenvalue weighted by Crippen LogP contribution is 2.43. The Balaban J connectivity index is 1.51. The van der Waals surface area contributed by atoms with Crippen LogP contribution in [0.25, 0.3) is 32.9 Å². The van der Waals surface area contributed by atoms with E-state index in [1.165, 1.54) is 0 Å². The second-order valence-corrected chi connectivity index (χ2v) is 9.12. The number of halogens is 1. The maximum atomic E-state index is 7.51. The molecule has 0 bridgehead atoms. The summed E-state index contributed by atoms with van der Waals surface area (Å²) in [5.74, 6) is 0.710. The topological polar surface area (TPSA) is 82.7 Å². The third kappa shape index (κ3) is 3.77. The van der Waals surface area contributed by atoms with Crippen LogP contribution in [0.3, 0.4) is 0 Å². The number of ether oxygens (including phenoxy) is 1. The maximum absolute atomic E-state index is 7.51. The minimum Gasteiger partial charge on any atom is -0.383 e. The minimum absolute atomic E-state index is 0.193. The second-order valence-electron chi connectivity index (χ2n) is 8.32. The van der Waals surface area contributed by atoms with Gasteiger partial charge in [0.2, 0.25) is 0 Å². The summed E-state index contributed by atoms with van der Waals surface area (Å²) >= 11 is 3.65. The number of nitrogens with zero attached hydrogens (tertiary/aromatic N) is 5. The fourth-order valence-electron chi connectivity index (χ4n) is 4.52. The van der Waals surface area contributed by atoms with Crippen molar-refractivity contribution in [1.29, 1.82) is 0 Å². The zero-order valence-corrected chi connectivity index (χ0v) is 19.8. The van der Waals surface area contributed by atoms with Gasteiger partial charge >= 0.3 is 5.72 Å². The number of nitrogen functional groups attached to an aromatic ring is 1. The van der Waals surface area contributed by atoms with Gasteiger partial charge in [-0.3, -0.25) is 9.83 Å². The monoisotopic (exact) mass is 502 g/mol. The first-order valence-electron chi connectivity index (χ1n) is 10.8. The van der Waals surface area contributed by atoms with E-state index in [9.17, 15) is 0 Å². The molecule has 7 nitrogen and oxygen atoms in total. The lowest BCUT2D eigenvalue weighted by atomic mass is 9.82. The Bertz CT molecular complexity index is 1340. The van der Waals surface area contributed by atoms with Crippen LogP contribution in [0.15, 0.2) is 59.3 Å². The van der Waals surface area contributed by atoms with Gasteiger partial charge in [-0.15, -0.1) is 0 Å². The molecule has 0 atom stereocenters. The van der Waals surface area contributed by atoms with Gasteiger partial charge in [0.15, 0.2) is 5.65 Å². The molecule has 33 heavy (non-hydrogen) atoms. The summed E-state index contributed by atoms with van der Waals surface area (Å²) < 4.78 is 7.94. The summed E-state index contributed by atoms with van der Waals surface area (Å²) in [5, 5.41) is 4.48. The number of methoxy groups -OCH3 is 1. The molecule has 1 aromatic carbocycles. The predicted octanol–water partition coefficient (Wildman–Crippen LogP) is 5.72. The highest BCUT2D eigenvalue weighted by atomic mass is 79.9. The largest absolute Gasteiger partial charge is 0.383 e. The molecular formula is C25H23BrN6O. The number of pyridine rings is 1. The molecule has 0 amide bonds. The SMILES string of the molecule is [C-]#[N+]C1(OC)CCC(c2nc3c(-c4ccc(-c5ccccc5)nc4)cnn3c(N)c2Br)CC1. The Morgan fingerprint density at radius 1 is 1.12 bits per heavy atom. The minimum atomic E-state index is -0.716. The van der Waals surface area contributed by atoms with Gasteiger partial charge in [0.25, 0.3) is 0 Å². The first kappa shape index (κ1) is 21.6.